The van der Waals surface area contributed by atoms with E-state index in [1.54, 1.807) is 18.6 Å². The first-order valence-electron chi connectivity index (χ1n) is 4.87. The molecular weight excluding hydrogens is 196 g/mol. The summed E-state index contributed by atoms with van der Waals surface area (Å²) >= 11 is 0. The fraction of sp³-hybridized carbons (Fsp3) is 0.400. The molecule has 1 unspecified atom stereocenters. The van der Waals surface area contributed by atoms with Gasteiger partial charge in [-0.05, 0) is 12.5 Å². The molecule has 0 amide bonds. The zero-order chi connectivity index (χ0) is 10.1. The van der Waals surface area contributed by atoms with Crippen LogP contribution >= 0.6 is 0 Å². The fourth-order valence-electron chi connectivity index (χ4n) is 1.64. The Hall–Kier alpha value is -1.62. The first kappa shape index (κ1) is 8.67. The van der Waals surface area contributed by atoms with E-state index in [0.29, 0.717) is 12.5 Å². The number of hydrogen-bond donors (Lipinski definition) is 0. The molecule has 2 aromatic rings. The Morgan fingerprint density at radius 1 is 1.40 bits per heavy atom. The molecule has 78 valence electrons. The predicted octanol–water partition coefficient (Wildman–Crippen LogP) is 1.83. The van der Waals surface area contributed by atoms with Gasteiger partial charge in [-0.15, -0.1) is 0 Å². The standard InChI is InChI=1S/C10H10N2O3/c1-3-13-5-7(1)9-11-10(15-12-9)8-2-4-14-6-8/h2,4,6-7H,1,3,5H2. The topological polar surface area (TPSA) is 61.3 Å². The van der Waals surface area contributed by atoms with Crippen molar-refractivity contribution < 1.29 is 13.7 Å². The molecule has 1 atom stereocenters. The summed E-state index contributed by atoms with van der Waals surface area (Å²) in [6.45, 7) is 1.46. The average molecular weight is 206 g/mol. The lowest BCUT2D eigenvalue weighted by Gasteiger charge is -1.97. The molecule has 3 heterocycles. The van der Waals surface area contributed by atoms with E-state index in [0.717, 1.165) is 24.4 Å². The van der Waals surface area contributed by atoms with Crippen LogP contribution in [0.3, 0.4) is 0 Å². The largest absolute Gasteiger partial charge is 0.472 e. The van der Waals surface area contributed by atoms with E-state index in [1.807, 2.05) is 0 Å². The van der Waals surface area contributed by atoms with Gasteiger partial charge in [0.2, 0.25) is 0 Å². The van der Waals surface area contributed by atoms with Crippen LogP contribution in [-0.2, 0) is 4.74 Å². The molecule has 3 rings (SSSR count). The van der Waals surface area contributed by atoms with Gasteiger partial charge in [0.25, 0.3) is 5.89 Å². The molecule has 1 fully saturated rings. The minimum Gasteiger partial charge on any atom is -0.472 e. The van der Waals surface area contributed by atoms with E-state index < -0.39 is 0 Å². The maximum Gasteiger partial charge on any atom is 0.261 e. The molecule has 2 aromatic heterocycles. The maximum atomic E-state index is 5.27. The summed E-state index contributed by atoms with van der Waals surface area (Å²) in [5.74, 6) is 1.50. The third-order valence-corrected chi connectivity index (χ3v) is 2.50. The molecule has 0 spiro atoms. The Bertz CT molecular complexity index is 429. The Morgan fingerprint density at radius 2 is 2.40 bits per heavy atom. The molecule has 1 saturated heterocycles. The molecule has 5 nitrogen and oxygen atoms in total. The van der Waals surface area contributed by atoms with Crippen molar-refractivity contribution in [2.24, 2.45) is 0 Å². The smallest absolute Gasteiger partial charge is 0.261 e. The van der Waals surface area contributed by atoms with Crippen LogP contribution in [0.4, 0.5) is 0 Å². The minimum atomic E-state index is 0.273. The van der Waals surface area contributed by atoms with Crippen molar-refractivity contribution in [3.8, 4) is 11.5 Å². The molecule has 1 aliphatic heterocycles. The Kier molecular flexibility index (Phi) is 2.03. The van der Waals surface area contributed by atoms with Crippen LogP contribution in [0.2, 0.25) is 0 Å². The average Bonchev–Trinajstić information content (AvgIpc) is 3.02. The molecule has 0 saturated carbocycles. The minimum absolute atomic E-state index is 0.273. The number of hydrogen-bond acceptors (Lipinski definition) is 5. The van der Waals surface area contributed by atoms with Crippen LogP contribution in [0.25, 0.3) is 11.5 Å². The van der Waals surface area contributed by atoms with Gasteiger partial charge in [0, 0.05) is 12.5 Å². The van der Waals surface area contributed by atoms with E-state index in [2.05, 4.69) is 10.1 Å². The van der Waals surface area contributed by atoms with Crippen LogP contribution in [-0.4, -0.2) is 23.4 Å². The summed E-state index contributed by atoms with van der Waals surface area (Å²) in [4.78, 5) is 4.32. The van der Waals surface area contributed by atoms with Crippen LogP contribution in [0.15, 0.2) is 27.5 Å². The van der Waals surface area contributed by atoms with Crippen LogP contribution in [0.1, 0.15) is 18.2 Å². The zero-order valence-electron chi connectivity index (χ0n) is 8.05. The van der Waals surface area contributed by atoms with Gasteiger partial charge in [-0.1, -0.05) is 5.16 Å². The second kappa shape index (κ2) is 3.51. The summed E-state index contributed by atoms with van der Waals surface area (Å²) in [5.41, 5.74) is 0.813. The quantitative estimate of drug-likeness (QED) is 0.750. The second-order valence-electron chi connectivity index (χ2n) is 3.53. The number of rotatable bonds is 2. The molecule has 0 bridgehead atoms. The van der Waals surface area contributed by atoms with Gasteiger partial charge >= 0.3 is 0 Å². The van der Waals surface area contributed by atoms with E-state index in [-0.39, 0.29) is 5.92 Å². The number of ether oxygens (including phenoxy) is 1. The second-order valence-corrected chi connectivity index (χ2v) is 3.53. The molecule has 0 N–H and O–H groups in total. The monoisotopic (exact) mass is 206 g/mol. The maximum absolute atomic E-state index is 5.27. The van der Waals surface area contributed by atoms with Gasteiger partial charge in [0.15, 0.2) is 5.82 Å². The Balaban J connectivity index is 1.87. The Labute approximate surface area is 86.0 Å². The van der Waals surface area contributed by atoms with Crippen molar-refractivity contribution in [3.63, 3.8) is 0 Å². The summed E-state index contributed by atoms with van der Waals surface area (Å²) in [6, 6.07) is 1.79. The molecule has 1 aliphatic rings. The molecule has 0 aromatic carbocycles. The van der Waals surface area contributed by atoms with Crippen LogP contribution in [0, 0.1) is 0 Å². The van der Waals surface area contributed by atoms with E-state index in [9.17, 15) is 0 Å². The van der Waals surface area contributed by atoms with Crippen molar-refractivity contribution >= 4 is 0 Å². The van der Waals surface area contributed by atoms with Crippen molar-refractivity contribution in [2.45, 2.75) is 12.3 Å². The van der Waals surface area contributed by atoms with Gasteiger partial charge in [-0.3, -0.25) is 0 Å². The van der Waals surface area contributed by atoms with Crippen molar-refractivity contribution in [3.05, 3.63) is 24.4 Å². The highest BCUT2D eigenvalue weighted by Gasteiger charge is 2.23. The molecule has 5 heteroatoms. The number of furan rings is 1. The van der Waals surface area contributed by atoms with Crippen molar-refractivity contribution in [1.82, 2.24) is 10.1 Å². The lowest BCUT2D eigenvalue weighted by molar-refractivity contribution is 0.192. The summed E-state index contributed by atoms with van der Waals surface area (Å²) in [6.07, 6.45) is 4.13. The van der Waals surface area contributed by atoms with Crippen LogP contribution in [0.5, 0.6) is 0 Å². The molecule has 0 aliphatic carbocycles. The van der Waals surface area contributed by atoms with Gasteiger partial charge in [0.05, 0.1) is 18.4 Å². The summed E-state index contributed by atoms with van der Waals surface area (Å²) in [5, 5.41) is 3.95. The highest BCUT2D eigenvalue weighted by Crippen LogP contribution is 2.25. The van der Waals surface area contributed by atoms with Gasteiger partial charge in [-0.25, -0.2) is 0 Å². The van der Waals surface area contributed by atoms with Crippen LogP contribution < -0.4 is 0 Å². The third kappa shape index (κ3) is 1.55. The first-order chi connectivity index (χ1) is 7.43. The van der Waals surface area contributed by atoms with Gasteiger partial charge in [-0.2, -0.15) is 4.98 Å². The first-order valence-corrected chi connectivity index (χ1v) is 4.87. The zero-order valence-corrected chi connectivity index (χ0v) is 8.05. The van der Waals surface area contributed by atoms with Crippen molar-refractivity contribution in [1.29, 1.82) is 0 Å². The van der Waals surface area contributed by atoms with Gasteiger partial charge in [0.1, 0.15) is 6.26 Å². The Morgan fingerprint density at radius 3 is 3.13 bits per heavy atom. The lowest BCUT2D eigenvalue weighted by atomic mass is 10.1. The van der Waals surface area contributed by atoms with E-state index >= 15 is 0 Å². The van der Waals surface area contributed by atoms with E-state index in [1.165, 1.54) is 0 Å². The summed E-state index contributed by atoms with van der Waals surface area (Å²) in [7, 11) is 0. The number of nitrogens with zero attached hydrogens (tertiary/aromatic N) is 2. The third-order valence-electron chi connectivity index (χ3n) is 2.50. The predicted molar refractivity (Wildman–Crippen MR) is 50.2 cm³/mol. The van der Waals surface area contributed by atoms with Crippen molar-refractivity contribution in [2.75, 3.05) is 13.2 Å². The lowest BCUT2D eigenvalue weighted by Crippen LogP contribution is -1.99. The number of aromatic nitrogens is 2. The van der Waals surface area contributed by atoms with E-state index in [4.69, 9.17) is 13.7 Å². The fourth-order valence-corrected chi connectivity index (χ4v) is 1.64. The highest BCUT2D eigenvalue weighted by molar-refractivity contribution is 5.49. The normalized spacial score (nSPS) is 20.9. The molecular formula is C10H10N2O3. The SMILES string of the molecule is c1cc(-c2nc(C3CCOC3)no2)co1. The molecule has 0 radical (unpaired) electrons. The van der Waals surface area contributed by atoms with Gasteiger partial charge < -0.3 is 13.7 Å². The molecule has 15 heavy (non-hydrogen) atoms. The summed E-state index contributed by atoms with van der Waals surface area (Å²) < 4.78 is 15.4. The highest BCUT2D eigenvalue weighted by atomic mass is 16.5.